The van der Waals surface area contributed by atoms with Gasteiger partial charge in [-0.05, 0) is 30.9 Å². The summed E-state index contributed by atoms with van der Waals surface area (Å²) >= 11 is 1.67. The molecule has 1 aromatic rings. The minimum absolute atomic E-state index is 0.342. The smallest absolute Gasteiger partial charge is 0.335 e. The van der Waals surface area contributed by atoms with Gasteiger partial charge in [-0.3, -0.25) is 0 Å². The number of aliphatic imine (C=N–C) groups is 1. The molecule has 0 saturated heterocycles. The molecule has 0 aliphatic carbocycles. The van der Waals surface area contributed by atoms with Crippen LogP contribution in [0.15, 0.2) is 34.2 Å². The minimum Gasteiger partial charge on any atom is -0.473 e. The number of nitrogens with zero attached hydrogens (tertiary/aromatic N) is 1. The zero-order valence-electron chi connectivity index (χ0n) is 10.3. The van der Waals surface area contributed by atoms with Gasteiger partial charge in [0.15, 0.2) is 18.5 Å². The Morgan fingerprint density at radius 3 is 2.78 bits per heavy atom. The maximum atomic E-state index is 11.7. The van der Waals surface area contributed by atoms with Gasteiger partial charge in [-0.15, -0.1) is 11.8 Å². The number of hydrogen-bond donors (Lipinski definition) is 0. The molecular weight excluding hydrogens is 250 g/mol. The van der Waals surface area contributed by atoms with Crippen molar-refractivity contribution in [1.82, 2.24) is 0 Å². The largest absolute Gasteiger partial charge is 0.473 e. The van der Waals surface area contributed by atoms with Crippen LogP contribution in [0.2, 0.25) is 0 Å². The lowest BCUT2D eigenvalue weighted by Gasteiger charge is -2.16. The predicted octanol–water partition coefficient (Wildman–Crippen LogP) is 2.44. The second-order valence-corrected chi connectivity index (χ2v) is 4.66. The second-order valence-electron chi connectivity index (χ2n) is 3.78. The molecule has 96 valence electrons. The molecule has 0 saturated carbocycles. The summed E-state index contributed by atoms with van der Waals surface area (Å²) in [6.07, 6.45) is 2.97. The van der Waals surface area contributed by atoms with Gasteiger partial charge in [0.25, 0.3) is 0 Å². The topological polar surface area (TPSA) is 47.9 Å². The highest BCUT2D eigenvalue weighted by Crippen LogP contribution is 2.29. The Morgan fingerprint density at radius 1 is 1.44 bits per heavy atom. The molecule has 0 bridgehead atoms. The van der Waals surface area contributed by atoms with Crippen molar-refractivity contribution in [1.29, 1.82) is 0 Å². The highest BCUT2D eigenvalue weighted by atomic mass is 32.2. The lowest BCUT2D eigenvalue weighted by atomic mass is 10.0. The molecule has 4 nitrogen and oxygen atoms in total. The molecule has 0 N–H and O–H groups in total. The van der Waals surface area contributed by atoms with E-state index in [9.17, 15) is 4.79 Å². The van der Waals surface area contributed by atoms with Crippen molar-refractivity contribution in [3.05, 3.63) is 29.8 Å². The molecule has 2 rings (SSSR count). The summed E-state index contributed by atoms with van der Waals surface area (Å²) in [5.74, 6) is -0.342. The number of esters is 1. The van der Waals surface area contributed by atoms with E-state index >= 15 is 0 Å². The van der Waals surface area contributed by atoms with E-state index in [0.29, 0.717) is 6.61 Å². The Kier molecular flexibility index (Phi) is 4.25. The molecule has 2 unspecified atom stereocenters. The van der Waals surface area contributed by atoms with Crippen LogP contribution in [0.25, 0.3) is 0 Å². The Bertz CT molecular complexity index is 444. The quantitative estimate of drug-likeness (QED) is 0.619. The fourth-order valence-electron chi connectivity index (χ4n) is 1.79. The highest BCUT2D eigenvalue weighted by Gasteiger charge is 2.34. The molecule has 5 heteroatoms. The summed E-state index contributed by atoms with van der Waals surface area (Å²) in [7, 11) is 0. The Hall–Kier alpha value is -1.49. The summed E-state index contributed by atoms with van der Waals surface area (Å²) < 4.78 is 10.4. The third-order valence-corrected chi connectivity index (χ3v) is 3.43. The Morgan fingerprint density at radius 2 is 2.17 bits per heavy atom. The van der Waals surface area contributed by atoms with E-state index in [4.69, 9.17) is 9.47 Å². The third-order valence-electron chi connectivity index (χ3n) is 2.69. The van der Waals surface area contributed by atoms with E-state index in [1.807, 2.05) is 30.5 Å². The summed E-state index contributed by atoms with van der Waals surface area (Å²) in [4.78, 5) is 16.9. The van der Waals surface area contributed by atoms with Crippen molar-refractivity contribution >= 4 is 24.1 Å². The number of benzene rings is 1. The van der Waals surface area contributed by atoms with E-state index in [-0.39, 0.29) is 12.1 Å². The monoisotopic (exact) mass is 265 g/mol. The maximum absolute atomic E-state index is 11.7. The van der Waals surface area contributed by atoms with Gasteiger partial charge in [0.05, 0.1) is 6.61 Å². The van der Waals surface area contributed by atoms with Crippen molar-refractivity contribution in [2.45, 2.75) is 24.0 Å². The molecule has 2 atom stereocenters. The van der Waals surface area contributed by atoms with Crippen molar-refractivity contribution < 1.29 is 14.3 Å². The van der Waals surface area contributed by atoms with Gasteiger partial charge in [-0.25, -0.2) is 9.79 Å². The normalized spacial score (nSPS) is 21.7. The molecule has 1 aliphatic rings. The first-order chi connectivity index (χ1) is 8.76. The van der Waals surface area contributed by atoms with Gasteiger partial charge in [0.2, 0.25) is 0 Å². The average Bonchev–Trinajstić information content (AvgIpc) is 2.88. The number of carbonyl (C=O) groups excluding carboxylic acids is 1. The van der Waals surface area contributed by atoms with Crippen molar-refractivity contribution in [2.24, 2.45) is 4.99 Å². The van der Waals surface area contributed by atoms with Crippen molar-refractivity contribution in [2.75, 3.05) is 12.9 Å². The zero-order chi connectivity index (χ0) is 13.0. The number of ether oxygens (including phenoxy) is 2. The van der Waals surface area contributed by atoms with Gasteiger partial charge in [-0.1, -0.05) is 12.1 Å². The van der Waals surface area contributed by atoms with Crippen molar-refractivity contribution in [3.8, 4) is 0 Å². The van der Waals surface area contributed by atoms with Crippen LogP contribution in [0.4, 0.5) is 0 Å². The zero-order valence-corrected chi connectivity index (χ0v) is 11.1. The van der Waals surface area contributed by atoms with Crippen LogP contribution >= 0.6 is 11.8 Å². The van der Waals surface area contributed by atoms with Crippen LogP contribution < -0.4 is 0 Å². The molecule has 0 fully saturated rings. The lowest BCUT2D eigenvalue weighted by molar-refractivity contribution is -0.146. The van der Waals surface area contributed by atoms with Crippen LogP contribution in [0.1, 0.15) is 18.6 Å². The van der Waals surface area contributed by atoms with E-state index in [0.717, 1.165) is 5.56 Å². The number of rotatable bonds is 4. The SMILES string of the molecule is CCOC(=O)C1N=COC1c1ccc(SC)cc1. The lowest BCUT2D eigenvalue weighted by Crippen LogP contribution is -2.26. The predicted molar refractivity (Wildman–Crippen MR) is 71.0 cm³/mol. The molecule has 1 aliphatic heterocycles. The van der Waals surface area contributed by atoms with Gasteiger partial charge in [-0.2, -0.15) is 0 Å². The number of hydrogen-bond acceptors (Lipinski definition) is 5. The summed E-state index contributed by atoms with van der Waals surface area (Å²) in [6, 6.07) is 7.33. The Labute approximate surface area is 110 Å². The van der Waals surface area contributed by atoms with E-state index in [1.54, 1.807) is 18.7 Å². The van der Waals surface area contributed by atoms with Crippen LogP contribution in [-0.2, 0) is 14.3 Å². The minimum atomic E-state index is -0.593. The standard InChI is InChI=1S/C13H15NO3S/c1-3-16-13(15)11-12(17-8-14-11)9-4-6-10(18-2)7-5-9/h4-8,11-12H,3H2,1-2H3. The molecule has 0 amide bonds. The molecule has 1 aromatic carbocycles. The van der Waals surface area contributed by atoms with E-state index < -0.39 is 6.04 Å². The highest BCUT2D eigenvalue weighted by molar-refractivity contribution is 7.98. The van der Waals surface area contributed by atoms with Gasteiger partial charge >= 0.3 is 5.97 Å². The van der Waals surface area contributed by atoms with Gasteiger partial charge < -0.3 is 9.47 Å². The first-order valence-electron chi connectivity index (χ1n) is 5.74. The molecular formula is C13H15NO3S. The molecule has 1 heterocycles. The summed E-state index contributed by atoms with van der Waals surface area (Å²) in [5.41, 5.74) is 0.934. The maximum Gasteiger partial charge on any atom is 0.335 e. The summed E-state index contributed by atoms with van der Waals surface area (Å²) in [6.45, 7) is 2.13. The average molecular weight is 265 g/mol. The molecule has 0 radical (unpaired) electrons. The number of thioether (sulfide) groups is 1. The van der Waals surface area contributed by atoms with Crippen LogP contribution in [0, 0.1) is 0 Å². The fourth-order valence-corrected chi connectivity index (χ4v) is 2.19. The van der Waals surface area contributed by atoms with Crippen molar-refractivity contribution in [3.63, 3.8) is 0 Å². The first kappa shape index (κ1) is 13.0. The second kappa shape index (κ2) is 5.91. The van der Waals surface area contributed by atoms with E-state index in [1.165, 1.54) is 11.3 Å². The van der Waals surface area contributed by atoms with E-state index in [2.05, 4.69) is 4.99 Å². The van der Waals surface area contributed by atoms with Gasteiger partial charge in [0.1, 0.15) is 0 Å². The van der Waals surface area contributed by atoms with Crippen LogP contribution in [-0.4, -0.2) is 31.3 Å². The number of carbonyl (C=O) groups is 1. The molecule has 0 spiro atoms. The first-order valence-corrected chi connectivity index (χ1v) is 6.96. The molecule has 18 heavy (non-hydrogen) atoms. The van der Waals surface area contributed by atoms with Gasteiger partial charge in [0, 0.05) is 4.90 Å². The van der Waals surface area contributed by atoms with Crippen LogP contribution in [0.3, 0.4) is 0 Å². The fraction of sp³-hybridized carbons (Fsp3) is 0.385. The van der Waals surface area contributed by atoms with Crippen LogP contribution in [0.5, 0.6) is 0 Å². The summed E-state index contributed by atoms with van der Waals surface area (Å²) in [5, 5.41) is 0. The Balaban J connectivity index is 2.14. The molecule has 0 aromatic heterocycles. The third kappa shape index (κ3) is 2.67.